The van der Waals surface area contributed by atoms with E-state index in [2.05, 4.69) is 10.3 Å². The highest BCUT2D eigenvalue weighted by Gasteiger charge is 2.07. The van der Waals surface area contributed by atoms with Gasteiger partial charge in [-0.15, -0.1) is 0 Å². The van der Waals surface area contributed by atoms with Crippen molar-refractivity contribution in [1.82, 2.24) is 14.9 Å². The minimum Gasteiger partial charge on any atom is -0.348 e. The van der Waals surface area contributed by atoms with E-state index < -0.39 is 0 Å². The van der Waals surface area contributed by atoms with E-state index in [0.717, 1.165) is 16.8 Å². The zero-order chi connectivity index (χ0) is 14.7. The van der Waals surface area contributed by atoms with Crippen molar-refractivity contribution < 1.29 is 4.79 Å². The Hall–Kier alpha value is -2.43. The maximum atomic E-state index is 12.0. The topological polar surface area (TPSA) is 64.0 Å². The van der Waals surface area contributed by atoms with Crippen molar-refractivity contribution in [3.8, 4) is 0 Å². The second-order valence-electron chi connectivity index (χ2n) is 4.80. The van der Waals surface area contributed by atoms with E-state index in [1.165, 1.54) is 22.9 Å². The standard InChI is InChI=1S/C15H17N3O2/c1-10-6-11(2)16-7-13(10)8-17-15(20)12-4-5-14(19)18(3)9-12/h4-7,9H,8H2,1-3H3,(H,17,20). The summed E-state index contributed by atoms with van der Waals surface area (Å²) in [6.07, 6.45) is 3.30. The molecular formula is C15H17N3O2. The fraction of sp³-hybridized carbons (Fsp3) is 0.267. The van der Waals surface area contributed by atoms with Gasteiger partial charge in [0.15, 0.2) is 0 Å². The quantitative estimate of drug-likeness (QED) is 0.916. The molecule has 2 aromatic rings. The maximum Gasteiger partial charge on any atom is 0.253 e. The lowest BCUT2D eigenvalue weighted by Gasteiger charge is -2.09. The lowest BCUT2D eigenvalue weighted by Crippen LogP contribution is -2.25. The van der Waals surface area contributed by atoms with Crippen LogP contribution in [0.2, 0.25) is 0 Å². The Morgan fingerprint density at radius 2 is 2.10 bits per heavy atom. The first-order valence-electron chi connectivity index (χ1n) is 6.34. The van der Waals surface area contributed by atoms with Gasteiger partial charge in [0.05, 0.1) is 5.56 Å². The average Bonchev–Trinajstić information content (AvgIpc) is 2.40. The zero-order valence-corrected chi connectivity index (χ0v) is 11.8. The highest BCUT2D eigenvalue weighted by atomic mass is 16.2. The van der Waals surface area contributed by atoms with E-state index in [9.17, 15) is 9.59 Å². The van der Waals surface area contributed by atoms with Crippen LogP contribution in [0.3, 0.4) is 0 Å². The van der Waals surface area contributed by atoms with Crippen molar-refractivity contribution in [1.29, 1.82) is 0 Å². The predicted molar refractivity (Wildman–Crippen MR) is 76.6 cm³/mol. The van der Waals surface area contributed by atoms with E-state index in [-0.39, 0.29) is 11.5 Å². The molecule has 0 unspecified atom stereocenters. The van der Waals surface area contributed by atoms with E-state index >= 15 is 0 Å². The van der Waals surface area contributed by atoms with Gasteiger partial charge in [0.2, 0.25) is 5.56 Å². The number of aromatic nitrogens is 2. The molecule has 0 aliphatic heterocycles. The Bertz CT molecular complexity index is 705. The van der Waals surface area contributed by atoms with E-state index in [1.807, 2.05) is 19.9 Å². The molecule has 2 rings (SSSR count). The summed E-state index contributed by atoms with van der Waals surface area (Å²) >= 11 is 0. The van der Waals surface area contributed by atoms with Crippen LogP contribution in [-0.2, 0) is 13.6 Å². The molecule has 5 nitrogen and oxygen atoms in total. The third-order valence-corrected chi connectivity index (χ3v) is 3.14. The minimum atomic E-state index is -0.208. The molecule has 2 aromatic heterocycles. The minimum absolute atomic E-state index is 0.139. The van der Waals surface area contributed by atoms with Gasteiger partial charge < -0.3 is 9.88 Å². The first kappa shape index (κ1) is 14.0. The van der Waals surface area contributed by atoms with Crippen LogP contribution in [0.5, 0.6) is 0 Å². The molecule has 0 fully saturated rings. The molecule has 0 atom stereocenters. The second kappa shape index (κ2) is 5.69. The van der Waals surface area contributed by atoms with Gasteiger partial charge in [-0.1, -0.05) is 0 Å². The number of amides is 1. The molecule has 2 heterocycles. The van der Waals surface area contributed by atoms with Crippen LogP contribution < -0.4 is 10.9 Å². The summed E-state index contributed by atoms with van der Waals surface area (Å²) in [7, 11) is 1.62. The number of hydrogen-bond acceptors (Lipinski definition) is 3. The lowest BCUT2D eigenvalue weighted by atomic mass is 10.1. The molecule has 1 amide bonds. The summed E-state index contributed by atoms with van der Waals surface area (Å²) in [4.78, 5) is 27.5. The van der Waals surface area contributed by atoms with E-state index in [4.69, 9.17) is 0 Å². The fourth-order valence-electron chi connectivity index (χ4n) is 1.92. The van der Waals surface area contributed by atoms with Crippen LogP contribution in [-0.4, -0.2) is 15.5 Å². The average molecular weight is 271 g/mol. The van der Waals surface area contributed by atoms with Gasteiger partial charge in [-0.3, -0.25) is 14.6 Å². The monoisotopic (exact) mass is 271 g/mol. The Morgan fingerprint density at radius 1 is 1.35 bits per heavy atom. The van der Waals surface area contributed by atoms with E-state index in [1.54, 1.807) is 13.2 Å². The molecule has 0 radical (unpaired) electrons. The van der Waals surface area contributed by atoms with Crippen LogP contribution in [0.4, 0.5) is 0 Å². The Morgan fingerprint density at radius 3 is 2.75 bits per heavy atom. The molecule has 0 saturated heterocycles. The highest BCUT2D eigenvalue weighted by molar-refractivity contribution is 5.93. The number of carbonyl (C=O) groups excluding carboxylic acids is 1. The molecule has 1 N–H and O–H groups in total. The summed E-state index contributed by atoms with van der Waals surface area (Å²) in [5.41, 5.74) is 3.35. The number of nitrogens with zero attached hydrogens (tertiary/aromatic N) is 2. The highest BCUT2D eigenvalue weighted by Crippen LogP contribution is 2.07. The first-order valence-corrected chi connectivity index (χ1v) is 6.34. The molecule has 0 aromatic carbocycles. The summed E-state index contributed by atoms with van der Waals surface area (Å²) in [5, 5.41) is 2.83. The lowest BCUT2D eigenvalue weighted by molar-refractivity contribution is 0.0950. The predicted octanol–water partition coefficient (Wildman–Crippen LogP) is 1.33. The van der Waals surface area contributed by atoms with Crippen molar-refractivity contribution in [3.05, 3.63) is 63.3 Å². The van der Waals surface area contributed by atoms with Gasteiger partial charge in [-0.2, -0.15) is 0 Å². The number of hydrogen-bond donors (Lipinski definition) is 1. The summed E-state index contributed by atoms with van der Waals surface area (Å²) in [6.45, 7) is 4.34. The van der Waals surface area contributed by atoms with Gasteiger partial charge in [-0.05, 0) is 37.1 Å². The molecule has 0 saturated carbocycles. The molecule has 0 spiro atoms. The molecule has 0 aliphatic rings. The Balaban J connectivity index is 2.08. The molecular weight excluding hydrogens is 254 g/mol. The Labute approximate surface area is 117 Å². The molecule has 20 heavy (non-hydrogen) atoms. The van der Waals surface area contributed by atoms with Crippen LogP contribution in [0.1, 0.15) is 27.2 Å². The van der Waals surface area contributed by atoms with Crippen molar-refractivity contribution >= 4 is 5.91 Å². The number of aryl methyl sites for hydroxylation is 3. The molecule has 0 aliphatic carbocycles. The molecule has 104 valence electrons. The second-order valence-corrected chi connectivity index (χ2v) is 4.80. The molecule has 5 heteroatoms. The van der Waals surface area contributed by atoms with Gasteiger partial charge in [0, 0.05) is 37.7 Å². The normalized spacial score (nSPS) is 10.3. The third kappa shape index (κ3) is 3.12. The van der Waals surface area contributed by atoms with Gasteiger partial charge >= 0.3 is 0 Å². The summed E-state index contributed by atoms with van der Waals surface area (Å²) in [5.74, 6) is -0.208. The first-order chi connectivity index (χ1) is 9.47. The van der Waals surface area contributed by atoms with Crippen molar-refractivity contribution in [3.63, 3.8) is 0 Å². The molecule has 0 bridgehead atoms. The SMILES string of the molecule is Cc1cc(C)c(CNC(=O)c2ccc(=O)n(C)c2)cn1. The number of nitrogens with one attached hydrogen (secondary N) is 1. The van der Waals surface area contributed by atoms with Crippen LogP contribution >= 0.6 is 0 Å². The zero-order valence-electron chi connectivity index (χ0n) is 11.8. The fourth-order valence-corrected chi connectivity index (χ4v) is 1.92. The van der Waals surface area contributed by atoms with Crippen LogP contribution in [0, 0.1) is 13.8 Å². The van der Waals surface area contributed by atoms with Gasteiger partial charge in [0.25, 0.3) is 5.91 Å². The van der Waals surface area contributed by atoms with Crippen molar-refractivity contribution in [2.24, 2.45) is 7.05 Å². The van der Waals surface area contributed by atoms with Crippen molar-refractivity contribution in [2.45, 2.75) is 20.4 Å². The number of pyridine rings is 2. The van der Waals surface area contributed by atoms with Gasteiger partial charge in [0.1, 0.15) is 0 Å². The van der Waals surface area contributed by atoms with Crippen molar-refractivity contribution in [2.75, 3.05) is 0 Å². The third-order valence-electron chi connectivity index (χ3n) is 3.14. The van der Waals surface area contributed by atoms with Crippen LogP contribution in [0.25, 0.3) is 0 Å². The number of carbonyl (C=O) groups is 1. The Kier molecular flexibility index (Phi) is 3.98. The van der Waals surface area contributed by atoms with E-state index in [0.29, 0.717) is 12.1 Å². The summed E-state index contributed by atoms with van der Waals surface area (Å²) in [6, 6.07) is 4.89. The summed E-state index contributed by atoms with van der Waals surface area (Å²) < 4.78 is 1.38. The van der Waals surface area contributed by atoms with Crippen LogP contribution in [0.15, 0.2) is 35.4 Å². The number of rotatable bonds is 3. The smallest absolute Gasteiger partial charge is 0.253 e. The maximum absolute atomic E-state index is 12.0. The van der Waals surface area contributed by atoms with Gasteiger partial charge in [-0.25, -0.2) is 0 Å². The largest absolute Gasteiger partial charge is 0.348 e.